The van der Waals surface area contributed by atoms with Crippen LogP contribution < -0.4 is 5.73 Å². The van der Waals surface area contributed by atoms with E-state index in [0.29, 0.717) is 12.1 Å². The second-order valence-corrected chi connectivity index (χ2v) is 6.55. The molecular formula is C17H20F2N2O2. The zero-order valence-electron chi connectivity index (χ0n) is 12.8. The molecule has 6 heteroatoms. The predicted molar refractivity (Wildman–Crippen MR) is 80.8 cm³/mol. The van der Waals surface area contributed by atoms with Crippen molar-refractivity contribution in [1.29, 1.82) is 0 Å². The third-order valence-corrected chi connectivity index (χ3v) is 4.61. The molecule has 1 aromatic rings. The molecule has 0 heterocycles. The summed E-state index contributed by atoms with van der Waals surface area (Å²) in [6.07, 6.45) is 1.57. The van der Waals surface area contributed by atoms with Crippen molar-refractivity contribution in [1.82, 2.24) is 4.90 Å². The molecule has 0 saturated heterocycles. The van der Waals surface area contributed by atoms with Crippen LogP contribution in [-0.4, -0.2) is 28.7 Å². The number of alkyl halides is 2. The normalized spacial score (nSPS) is 22.8. The molecule has 2 saturated carbocycles. The fourth-order valence-corrected chi connectivity index (χ4v) is 3.14. The third kappa shape index (κ3) is 3.68. The van der Waals surface area contributed by atoms with Crippen molar-refractivity contribution in [3.8, 4) is 0 Å². The smallest absolute Gasteiger partial charge is 0.248 e. The molecule has 4 nitrogen and oxygen atoms in total. The average molecular weight is 322 g/mol. The lowest BCUT2D eigenvalue weighted by Gasteiger charge is -2.26. The van der Waals surface area contributed by atoms with E-state index >= 15 is 0 Å². The number of benzene rings is 1. The highest BCUT2D eigenvalue weighted by Gasteiger charge is 2.45. The molecule has 2 fully saturated rings. The van der Waals surface area contributed by atoms with Gasteiger partial charge in [0, 0.05) is 36.9 Å². The van der Waals surface area contributed by atoms with Crippen molar-refractivity contribution in [2.45, 2.75) is 50.6 Å². The van der Waals surface area contributed by atoms with Crippen molar-refractivity contribution in [3.05, 3.63) is 35.4 Å². The quantitative estimate of drug-likeness (QED) is 0.906. The molecule has 2 aliphatic carbocycles. The molecule has 2 N–H and O–H groups in total. The van der Waals surface area contributed by atoms with Gasteiger partial charge in [0.05, 0.1) is 0 Å². The van der Waals surface area contributed by atoms with Crippen molar-refractivity contribution < 1.29 is 18.4 Å². The number of amides is 2. The maximum Gasteiger partial charge on any atom is 0.248 e. The molecule has 0 bridgehead atoms. The van der Waals surface area contributed by atoms with Gasteiger partial charge >= 0.3 is 0 Å². The highest BCUT2D eigenvalue weighted by Crippen LogP contribution is 2.41. The summed E-state index contributed by atoms with van der Waals surface area (Å²) in [6.45, 7) is 0.393. The molecule has 124 valence electrons. The third-order valence-electron chi connectivity index (χ3n) is 4.61. The van der Waals surface area contributed by atoms with Crippen LogP contribution in [-0.2, 0) is 11.3 Å². The molecule has 1 unspecified atom stereocenters. The number of hydrogen-bond donors (Lipinski definition) is 1. The lowest BCUT2D eigenvalue weighted by molar-refractivity contribution is -0.137. The van der Waals surface area contributed by atoms with Crippen molar-refractivity contribution in [2.75, 3.05) is 0 Å². The Morgan fingerprint density at radius 2 is 1.83 bits per heavy atom. The zero-order chi connectivity index (χ0) is 16.6. The van der Waals surface area contributed by atoms with Gasteiger partial charge in [-0.2, -0.15) is 0 Å². The fraction of sp³-hybridized carbons (Fsp3) is 0.529. The van der Waals surface area contributed by atoms with Crippen LogP contribution in [0, 0.1) is 5.92 Å². The Morgan fingerprint density at radius 3 is 2.30 bits per heavy atom. The Kier molecular flexibility index (Phi) is 4.08. The molecule has 0 aliphatic heterocycles. The minimum atomic E-state index is -2.71. The van der Waals surface area contributed by atoms with Gasteiger partial charge in [-0.3, -0.25) is 9.59 Å². The van der Waals surface area contributed by atoms with E-state index in [0.717, 1.165) is 18.4 Å². The minimum absolute atomic E-state index is 0.160. The van der Waals surface area contributed by atoms with Gasteiger partial charge in [0.15, 0.2) is 0 Å². The highest BCUT2D eigenvalue weighted by molar-refractivity contribution is 5.92. The number of rotatable bonds is 5. The second-order valence-electron chi connectivity index (χ2n) is 6.55. The van der Waals surface area contributed by atoms with Crippen molar-refractivity contribution in [2.24, 2.45) is 11.7 Å². The van der Waals surface area contributed by atoms with E-state index in [2.05, 4.69) is 0 Å². The van der Waals surface area contributed by atoms with Gasteiger partial charge < -0.3 is 10.6 Å². The van der Waals surface area contributed by atoms with Crippen LogP contribution >= 0.6 is 0 Å². The second kappa shape index (κ2) is 5.91. The van der Waals surface area contributed by atoms with E-state index in [1.165, 1.54) is 0 Å². The lowest BCUT2D eigenvalue weighted by atomic mass is 10.0. The molecule has 0 radical (unpaired) electrons. The molecule has 3 rings (SSSR count). The first-order valence-corrected chi connectivity index (χ1v) is 7.93. The molecular weight excluding hydrogens is 302 g/mol. The van der Waals surface area contributed by atoms with Gasteiger partial charge in [0.1, 0.15) is 0 Å². The Labute approximate surface area is 133 Å². The SMILES string of the molecule is NC(=O)c1ccc(CN(C(=O)C2CCC(F)(F)C2)C2CC2)cc1. The minimum Gasteiger partial charge on any atom is -0.366 e. The summed E-state index contributed by atoms with van der Waals surface area (Å²) in [6, 6.07) is 6.92. The Morgan fingerprint density at radius 1 is 1.17 bits per heavy atom. The molecule has 0 spiro atoms. The molecule has 0 aromatic heterocycles. The summed E-state index contributed by atoms with van der Waals surface area (Å²) >= 11 is 0. The monoisotopic (exact) mass is 322 g/mol. The molecule has 2 aliphatic rings. The Bertz CT molecular complexity index is 612. The first kappa shape index (κ1) is 15.9. The van der Waals surface area contributed by atoms with Gasteiger partial charge in [0.2, 0.25) is 17.7 Å². The number of hydrogen-bond acceptors (Lipinski definition) is 2. The van der Waals surface area contributed by atoms with Crippen LogP contribution in [0.5, 0.6) is 0 Å². The van der Waals surface area contributed by atoms with Crippen LogP contribution in [0.25, 0.3) is 0 Å². The predicted octanol–water partition coefficient (Wildman–Crippen LogP) is 2.71. The number of carbonyl (C=O) groups excluding carboxylic acids is 2. The molecule has 2 amide bonds. The number of halogens is 2. The van der Waals surface area contributed by atoms with Gasteiger partial charge in [-0.05, 0) is 37.0 Å². The maximum absolute atomic E-state index is 13.4. The summed E-state index contributed by atoms with van der Waals surface area (Å²) in [4.78, 5) is 25.4. The van der Waals surface area contributed by atoms with Gasteiger partial charge in [-0.25, -0.2) is 8.78 Å². The number of primary amides is 1. The molecule has 1 atom stereocenters. The summed E-state index contributed by atoms with van der Waals surface area (Å²) in [5.41, 5.74) is 6.49. The Hall–Kier alpha value is -1.98. The highest BCUT2D eigenvalue weighted by atomic mass is 19.3. The van der Waals surface area contributed by atoms with Gasteiger partial charge in [-0.1, -0.05) is 12.1 Å². The Balaban J connectivity index is 1.69. The van der Waals surface area contributed by atoms with Crippen LogP contribution in [0.15, 0.2) is 24.3 Å². The average Bonchev–Trinajstić information content (AvgIpc) is 3.28. The number of nitrogens with two attached hydrogens (primary N) is 1. The fourth-order valence-electron chi connectivity index (χ4n) is 3.14. The first-order valence-electron chi connectivity index (χ1n) is 7.93. The summed E-state index contributed by atoms with van der Waals surface area (Å²) < 4.78 is 26.7. The van der Waals surface area contributed by atoms with Crippen LogP contribution in [0.2, 0.25) is 0 Å². The van der Waals surface area contributed by atoms with Crippen LogP contribution in [0.1, 0.15) is 48.0 Å². The summed E-state index contributed by atoms with van der Waals surface area (Å²) in [5, 5.41) is 0. The zero-order valence-corrected chi connectivity index (χ0v) is 12.8. The number of carbonyl (C=O) groups is 2. The first-order chi connectivity index (χ1) is 10.9. The van der Waals surface area contributed by atoms with E-state index < -0.39 is 17.7 Å². The summed E-state index contributed by atoms with van der Waals surface area (Å²) in [7, 11) is 0. The summed E-state index contributed by atoms with van der Waals surface area (Å²) in [5.74, 6) is -3.95. The van der Waals surface area contributed by atoms with E-state index in [4.69, 9.17) is 5.73 Å². The number of nitrogens with zero attached hydrogens (tertiary/aromatic N) is 1. The van der Waals surface area contributed by atoms with E-state index in [9.17, 15) is 18.4 Å². The van der Waals surface area contributed by atoms with E-state index in [-0.39, 0.29) is 31.2 Å². The van der Waals surface area contributed by atoms with Crippen LogP contribution in [0.3, 0.4) is 0 Å². The lowest BCUT2D eigenvalue weighted by Crippen LogP contribution is -2.37. The largest absolute Gasteiger partial charge is 0.366 e. The van der Waals surface area contributed by atoms with E-state index in [1.807, 2.05) is 0 Å². The van der Waals surface area contributed by atoms with Crippen molar-refractivity contribution >= 4 is 11.8 Å². The molecule has 23 heavy (non-hydrogen) atoms. The molecule has 1 aromatic carbocycles. The van der Waals surface area contributed by atoms with Crippen LogP contribution in [0.4, 0.5) is 8.78 Å². The van der Waals surface area contributed by atoms with E-state index in [1.54, 1.807) is 29.2 Å². The maximum atomic E-state index is 13.4. The van der Waals surface area contributed by atoms with Crippen molar-refractivity contribution in [3.63, 3.8) is 0 Å². The van der Waals surface area contributed by atoms with Gasteiger partial charge in [0.25, 0.3) is 0 Å². The topological polar surface area (TPSA) is 63.4 Å². The standard InChI is InChI=1S/C17H20F2N2O2/c18-17(19)8-7-13(9-17)16(23)21(14-5-6-14)10-11-1-3-12(4-2-11)15(20)22/h1-4,13-14H,5-10H2,(H2,20,22). The van der Waals surface area contributed by atoms with Gasteiger partial charge in [-0.15, -0.1) is 0 Å².